The first-order valence-electron chi connectivity index (χ1n) is 23.5. The number of ether oxygens (including phenoxy) is 5. The molecule has 0 unspecified atom stereocenters. The fourth-order valence-electron chi connectivity index (χ4n) is 11.3. The van der Waals surface area contributed by atoms with Crippen LogP contribution < -0.4 is 10.6 Å². The van der Waals surface area contributed by atoms with Crippen LogP contribution >= 0.6 is 11.8 Å². The average molecular weight is 881 g/mol. The summed E-state index contributed by atoms with van der Waals surface area (Å²) in [6.07, 6.45) is 9.53. The molecular formula is C47H80N2O11S. The second-order valence-corrected chi connectivity index (χ2v) is 20.7. The third kappa shape index (κ3) is 10.5. The monoisotopic (exact) mass is 881 g/mol. The summed E-state index contributed by atoms with van der Waals surface area (Å²) in [5.74, 6) is -4.99. The van der Waals surface area contributed by atoms with Gasteiger partial charge in [0.2, 0.25) is 0 Å². The van der Waals surface area contributed by atoms with Crippen LogP contribution in [0.3, 0.4) is 0 Å². The third-order valence-electron chi connectivity index (χ3n) is 15.6. The van der Waals surface area contributed by atoms with Crippen LogP contribution in [0.1, 0.15) is 140 Å². The number of thioether (sulfide) groups is 1. The molecule has 2 spiro atoms. The van der Waals surface area contributed by atoms with E-state index in [1.807, 2.05) is 60.0 Å². The topological polar surface area (TPSA) is 182 Å². The highest BCUT2D eigenvalue weighted by molar-refractivity contribution is 7.98. The second kappa shape index (κ2) is 20.6. The average Bonchev–Trinajstić information content (AvgIpc) is 3.57. The molecule has 5 heterocycles. The molecule has 350 valence electrons. The SMILES string of the molecule is CC[C@@H](C(=O)[C@@H](C)[C@@H](O)[C@H](C)[C@@H]1O[C@@H]([C@@H](CC)C(=O)O)CC[C@@H]1C)[C@H]1O[C@]2(C=C[C@@H](NC(=O)NCCCSC)[C@]3(CC[C@@](C)([C@H]4CC[C@](O)(CC)[C@H](C)O4)O3)O2)[C@H](C)C[C@@H]1C. The van der Waals surface area contributed by atoms with Crippen molar-refractivity contribution in [1.82, 2.24) is 10.6 Å². The molecule has 5 N–H and O–H groups in total. The van der Waals surface area contributed by atoms with Crippen molar-refractivity contribution < 1.29 is 53.4 Å². The maximum Gasteiger partial charge on any atom is 0.315 e. The quantitative estimate of drug-likeness (QED) is 0.0731. The number of carboxylic acid groups (broad SMARTS) is 1. The van der Waals surface area contributed by atoms with Crippen molar-refractivity contribution in [3.8, 4) is 0 Å². The van der Waals surface area contributed by atoms with E-state index in [9.17, 15) is 29.7 Å². The first-order chi connectivity index (χ1) is 28.7. The number of carboxylic acids is 1. The lowest BCUT2D eigenvalue weighted by Gasteiger charge is -2.55. The molecular weight excluding hydrogens is 801 g/mol. The Bertz CT molecular complexity index is 1540. The molecule has 0 saturated carbocycles. The number of rotatable bonds is 17. The van der Waals surface area contributed by atoms with Crippen LogP contribution in [0.25, 0.3) is 0 Å². The molecule has 13 nitrogen and oxygen atoms in total. The van der Waals surface area contributed by atoms with Crippen molar-refractivity contribution in [2.75, 3.05) is 18.6 Å². The zero-order chi connectivity index (χ0) is 45.1. The number of nitrogens with one attached hydrogen (secondary N) is 2. The van der Waals surface area contributed by atoms with Gasteiger partial charge in [0.25, 0.3) is 0 Å². The standard InChI is InChI=1S/C47H80N2O11S/c1-12-33(42(52)53)35-17-16-27(4)40(57-35)31(8)38(50)30(7)39(51)34(13-2)41-28(5)26-29(6)46(58-41)21-18-36(49-43(54)48-24-15-25-61-11)47(60-46)23-22-44(10,59-47)37-19-20-45(55,14-3)32(9)56-37/h18,21,27-38,40-41,50,55H,12-17,19-20,22-26H2,1-11H3,(H,52,53)(H2,48,49,54)/t27-,28-,29+,30-,31-,32-,33+,34-,35+,36+,37+,38+,40+,41-,44-,45+,46-,47-/m0/s1. The molecule has 5 rings (SSSR count). The Hall–Kier alpha value is -1.78. The maximum atomic E-state index is 14.7. The van der Waals surface area contributed by atoms with Gasteiger partial charge in [0.15, 0.2) is 11.6 Å². The van der Waals surface area contributed by atoms with E-state index in [2.05, 4.69) is 31.4 Å². The fourth-order valence-corrected chi connectivity index (χ4v) is 11.7. The summed E-state index contributed by atoms with van der Waals surface area (Å²) in [7, 11) is 0. The van der Waals surface area contributed by atoms with Crippen LogP contribution in [0.2, 0.25) is 0 Å². The highest BCUT2D eigenvalue weighted by atomic mass is 32.2. The predicted molar refractivity (Wildman–Crippen MR) is 236 cm³/mol. The minimum Gasteiger partial charge on any atom is -0.481 e. The van der Waals surface area contributed by atoms with Crippen LogP contribution in [0, 0.1) is 41.4 Å². The van der Waals surface area contributed by atoms with Gasteiger partial charge in [-0.15, -0.1) is 0 Å². The Morgan fingerprint density at radius 1 is 0.918 bits per heavy atom. The number of aliphatic hydroxyl groups excluding tert-OH is 1. The molecule has 0 aromatic rings. The van der Waals surface area contributed by atoms with Crippen LogP contribution in [0.5, 0.6) is 0 Å². The van der Waals surface area contributed by atoms with E-state index in [0.717, 1.165) is 18.6 Å². The van der Waals surface area contributed by atoms with E-state index < -0.39 is 76.8 Å². The number of amides is 2. The summed E-state index contributed by atoms with van der Waals surface area (Å²) in [5.41, 5.74) is -1.69. The van der Waals surface area contributed by atoms with Gasteiger partial charge in [0.1, 0.15) is 11.8 Å². The molecule has 0 aliphatic carbocycles. The molecule has 0 aromatic carbocycles. The number of Topliss-reactive ketones (excluding diaryl/α,β-unsaturated/α-hetero) is 1. The maximum absolute atomic E-state index is 14.7. The molecule has 4 fully saturated rings. The van der Waals surface area contributed by atoms with E-state index in [-0.39, 0.29) is 47.9 Å². The number of aliphatic hydroxyl groups is 2. The van der Waals surface area contributed by atoms with Gasteiger partial charge in [-0.1, -0.05) is 61.5 Å². The Labute approximate surface area is 369 Å². The van der Waals surface area contributed by atoms with Gasteiger partial charge >= 0.3 is 12.0 Å². The summed E-state index contributed by atoms with van der Waals surface area (Å²) in [4.78, 5) is 40.1. The Morgan fingerprint density at radius 3 is 2.25 bits per heavy atom. The minimum absolute atomic E-state index is 0.0131. The van der Waals surface area contributed by atoms with E-state index in [1.54, 1.807) is 18.7 Å². The van der Waals surface area contributed by atoms with Crippen molar-refractivity contribution in [2.24, 2.45) is 41.4 Å². The normalized spacial score (nSPS) is 41.5. The summed E-state index contributed by atoms with van der Waals surface area (Å²) in [6.45, 7) is 20.2. The molecule has 61 heavy (non-hydrogen) atoms. The lowest BCUT2D eigenvalue weighted by atomic mass is 9.72. The number of urea groups is 1. The molecule has 18 atom stereocenters. The number of ketones is 1. The molecule has 5 aliphatic rings. The van der Waals surface area contributed by atoms with Gasteiger partial charge in [-0.3, -0.25) is 9.59 Å². The summed E-state index contributed by atoms with van der Waals surface area (Å²) in [5, 5.41) is 39.1. The van der Waals surface area contributed by atoms with E-state index in [4.69, 9.17) is 23.7 Å². The van der Waals surface area contributed by atoms with E-state index >= 15 is 0 Å². The van der Waals surface area contributed by atoms with Gasteiger partial charge in [-0.25, -0.2) is 4.79 Å². The first kappa shape index (κ1) is 50.2. The second-order valence-electron chi connectivity index (χ2n) is 19.7. The van der Waals surface area contributed by atoms with Gasteiger partial charge in [0, 0.05) is 36.6 Å². The molecule has 0 radical (unpaired) electrons. The first-order valence-corrected chi connectivity index (χ1v) is 24.9. The smallest absolute Gasteiger partial charge is 0.315 e. The Morgan fingerprint density at radius 2 is 1.62 bits per heavy atom. The highest BCUT2D eigenvalue weighted by Crippen LogP contribution is 2.54. The van der Waals surface area contributed by atoms with Gasteiger partial charge in [-0.2, -0.15) is 11.8 Å². The molecule has 0 aromatic heterocycles. The largest absolute Gasteiger partial charge is 0.481 e. The van der Waals surface area contributed by atoms with Crippen molar-refractivity contribution in [3.05, 3.63) is 12.2 Å². The van der Waals surface area contributed by atoms with Crippen molar-refractivity contribution in [2.45, 2.75) is 205 Å². The zero-order valence-electron chi connectivity index (χ0n) is 38.9. The summed E-state index contributed by atoms with van der Waals surface area (Å²) >= 11 is 1.73. The number of carbonyl (C=O) groups excluding carboxylic acids is 2. The third-order valence-corrected chi connectivity index (χ3v) is 16.3. The predicted octanol–water partition coefficient (Wildman–Crippen LogP) is 7.25. The highest BCUT2D eigenvalue weighted by Gasteiger charge is 2.63. The van der Waals surface area contributed by atoms with Crippen LogP contribution in [-0.4, -0.2) is 117 Å². The lowest BCUT2D eigenvalue weighted by molar-refractivity contribution is -0.397. The number of hydrogen-bond acceptors (Lipinski definition) is 11. The van der Waals surface area contributed by atoms with E-state index in [0.29, 0.717) is 64.3 Å². The number of carbonyl (C=O) groups is 3. The van der Waals surface area contributed by atoms with Crippen molar-refractivity contribution >= 4 is 29.5 Å². The van der Waals surface area contributed by atoms with Crippen LogP contribution in [-0.2, 0) is 33.3 Å². The Kier molecular flexibility index (Phi) is 17.0. The van der Waals surface area contributed by atoms with Crippen LogP contribution in [0.4, 0.5) is 4.79 Å². The minimum atomic E-state index is -1.32. The summed E-state index contributed by atoms with van der Waals surface area (Å²) in [6, 6.07) is -0.976. The van der Waals surface area contributed by atoms with Gasteiger partial charge < -0.3 is 49.6 Å². The summed E-state index contributed by atoms with van der Waals surface area (Å²) < 4.78 is 34.5. The molecule has 5 aliphatic heterocycles. The van der Waals surface area contributed by atoms with Crippen molar-refractivity contribution in [3.63, 3.8) is 0 Å². The molecule has 0 bridgehead atoms. The fraction of sp³-hybridized carbons (Fsp3) is 0.894. The number of aliphatic carboxylic acids is 1. The lowest BCUT2D eigenvalue weighted by Crippen LogP contribution is -2.66. The van der Waals surface area contributed by atoms with Crippen LogP contribution in [0.15, 0.2) is 12.2 Å². The molecule has 14 heteroatoms. The molecule has 2 amide bonds. The van der Waals surface area contributed by atoms with Crippen molar-refractivity contribution in [1.29, 1.82) is 0 Å². The number of hydrogen-bond donors (Lipinski definition) is 5. The Balaban J connectivity index is 1.38. The zero-order valence-corrected chi connectivity index (χ0v) is 39.8. The van der Waals surface area contributed by atoms with Gasteiger partial charge in [-0.05, 0) is 108 Å². The van der Waals surface area contributed by atoms with E-state index in [1.165, 1.54) is 0 Å². The molecule has 4 saturated heterocycles. The van der Waals surface area contributed by atoms with Gasteiger partial charge in [0.05, 0.1) is 53.7 Å².